The lowest BCUT2D eigenvalue weighted by molar-refractivity contribution is 0.0327. The third kappa shape index (κ3) is 2.92. The fraction of sp³-hybridized carbons (Fsp3) is 0.300. The van der Waals surface area contributed by atoms with Crippen LogP contribution in [0.1, 0.15) is 17.2 Å². The van der Waals surface area contributed by atoms with Crippen LogP contribution in [0.4, 0.5) is 0 Å². The summed E-state index contributed by atoms with van der Waals surface area (Å²) in [5.41, 5.74) is 6.31. The highest BCUT2D eigenvalue weighted by Crippen LogP contribution is 2.18. The number of hydrogen-bond donors (Lipinski definition) is 4. The first kappa shape index (κ1) is 12.0. The Morgan fingerprint density at radius 3 is 2.67 bits per heavy atom. The summed E-state index contributed by atoms with van der Waals surface area (Å²) in [7, 11) is 0. The Bertz CT molecular complexity index is 357. The molecule has 1 rings (SSSR count). The summed E-state index contributed by atoms with van der Waals surface area (Å²) in [6.07, 6.45) is -2.07. The van der Waals surface area contributed by atoms with Gasteiger partial charge in [0.2, 0.25) is 0 Å². The van der Waals surface area contributed by atoms with Crippen LogP contribution in [0, 0.1) is 5.41 Å². The smallest absolute Gasteiger partial charge is 0.122 e. The second-order valence-electron chi connectivity index (χ2n) is 3.21. The molecule has 0 aliphatic carbocycles. The van der Waals surface area contributed by atoms with E-state index in [0.29, 0.717) is 11.1 Å². The predicted octanol–water partition coefficient (Wildman–Crippen LogP) is 0.604. The maximum atomic E-state index is 9.65. The molecule has 4 nitrogen and oxygen atoms in total. The van der Waals surface area contributed by atoms with Gasteiger partial charge in [-0.05, 0) is 11.6 Å². The number of aliphatic hydroxyl groups excluding tert-OH is 2. The molecule has 82 valence electrons. The number of hydrogen-bond acceptors (Lipinski definition) is 3. The largest absolute Gasteiger partial charge is 0.389 e. The predicted molar refractivity (Wildman–Crippen MR) is 59.1 cm³/mol. The second-order valence-corrected chi connectivity index (χ2v) is 3.51. The van der Waals surface area contributed by atoms with E-state index >= 15 is 0 Å². The SMILES string of the molecule is N=C(N)c1cccc(C(O)C(O)CCl)c1. The minimum absolute atomic E-state index is 0.0501. The Morgan fingerprint density at radius 2 is 2.13 bits per heavy atom. The zero-order valence-electron chi connectivity index (χ0n) is 8.02. The van der Waals surface area contributed by atoms with E-state index in [2.05, 4.69) is 0 Å². The number of aliphatic hydroxyl groups is 2. The van der Waals surface area contributed by atoms with E-state index in [9.17, 15) is 10.2 Å². The van der Waals surface area contributed by atoms with Crippen molar-refractivity contribution in [3.8, 4) is 0 Å². The first-order chi connectivity index (χ1) is 7.06. The van der Waals surface area contributed by atoms with Gasteiger partial charge in [-0.1, -0.05) is 18.2 Å². The quantitative estimate of drug-likeness (QED) is 0.346. The minimum atomic E-state index is -1.05. The van der Waals surface area contributed by atoms with Crippen molar-refractivity contribution in [3.63, 3.8) is 0 Å². The van der Waals surface area contributed by atoms with Crippen LogP contribution in [0.2, 0.25) is 0 Å². The molecular formula is C10H13ClN2O2. The first-order valence-corrected chi connectivity index (χ1v) is 4.96. The lowest BCUT2D eigenvalue weighted by Gasteiger charge is -2.16. The molecule has 2 atom stereocenters. The van der Waals surface area contributed by atoms with Crippen LogP contribution in [-0.4, -0.2) is 28.0 Å². The number of alkyl halides is 1. The Hall–Kier alpha value is -1.10. The monoisotopic (exact) mass is 228 g/mol. The summed E-state index contributed by atoms with van der Waals surface area (Å²) >= 11 is 5.42. The van der Waals surface area contributed by atoms with Crippen molar-refractivity contribution >= 4 is 17.4 Å². The summed E-state index contributed by atoms with van der Waals surface area (Å²) < 4.78 is 0. The Morgan fingerprint density at radius 1 is 1.47 bits per heavy atom. The molecule has 15 heavy (non-hydrogen) atoms. The van der Waals surface area contributed by atoms with Gasteiger partial charge >= 0.3 is 0 Å². The average molecular weight is 229 g/mol. The highest BCUT2D eigenvalue weighted by molar-refractivity contribution is 6.18. The first-order valence-electron chi connectivity index (χ1n) is 4.42. The molecule has 0 saturated heterocycles. The van der Waals surface area contributed by atoms with Gasteiger partial charge in [-0.25, -0.2) is 0 Å². The fourth-order valence-electron chi connectivity index (χ4n) is 1.20. The lowest BCUT2D eigenvalue weighted by Crippen LogP contribution is -2.20. The molecule has 0 aliphatic rings. The van der Waals surface area contributed by atoms with Gasteiger partial charge in [0.25, 0.3) is 0 Å². The summed E-state index contributed by atoms with van der Waals surface area (Å²) in [5.74, 6) is -0.129. The van der Waals surface area contributed by atoms with E-state index in [-0.39, 0.29) is 11.7 Å². The van der Waals surface area contributed by atoms with Crippen LogP contribution < -0.4 is 5.73 Å². The molecule has 0 aliphatic heterocycles. The van der Waals surface area contributed by atoms with Gasteiger partial charge in [0, 0.05) is 5.56 Å². The molecule has 1 aromatic carbocycles. The van der Waals surface area contributed by atoms with E-state index < -0.39 is 12.2 Å². The van der Waals surface area contributed by atoms with Gasteiger partial charge in [0.15, 0.2) is 0 Å². The van der Waals surface area contributed by atoms with Gasteiger partial charge in [0.1, 0.15) is 11.9 Å². The zero-order chi connectivity index (χ0) is 11.4. The lowest BCUT2D eigenvalue weighted by atomic mass is 10.0. The van der Waals surface area contributed by atoms with E-state index in [1.165, 1.54) is 0 Å². The molecule has 1 aromatic rings. The van der Waals surface area contributed by atoms with Crippen molar-refractivity contribution in [2.45, 2.75) is 12.2 Å². The molecule has 0 bridgehead atoms. The molecule has 0 amide bonds. The number of halogens is 1. The van der Waals surface area contributed by atoms with Crippen LogP contribution in [0.5, 0.6) is 0 Å². The van der Waals surface area contributed by atoms with Crippen molar-refractivity contribution < 1.29 is 10.2 Å². The number of nitrogens with one attached hydrogen (secondary N) is 1. The van der Waals surface area contributed by atoms with Crippen LogP contribution in [0.15, 0.2) is 24.3 Å². The molecule has 0 saturated carbocycles. The van der Waals surface area contributed by atoms with E-state index in [1.54, 1.807) is 24.3 Å². The van der Waals surface area contributed by atoms with E-state index in [0.717, 1.165) is 0 Å². The van der Waals surface area contributed by atoms with Gasteiger partial charge in [-0.15, -0.1) is 11.6 Å². The fourth-order valence-corrected chi connectivity index (χ4v) is 1.37. The average Bonchev–Trinajstić information content (AvgIpc) is 2.27. The van der Waals surface area contributed by atoms with Gasteiger partial charge < -0.3 is 15.9 Å². The van der Waals surface area contributed by atoms with E-state index in [4.69, 9.17) is 22.7 Å². The molecule has 0 radical (unpaired) electrons. The number of benzene rings is 1. The van der Waals surface area contributed by atoms with Crippen molar-refractivity contribution in [3.05, 3.63) is 35.4 Å². The minimum Gasteiger partial charge on any atom is -0.389 e. The van der Waals surface area contributed by atoms with Crippen molar-refractivity contribution in [2.24, 2.45) is 5.73 Å². The maximum Gasteiger partial charge on any atom is 0.122 e. The zero-order valence-corrected chi connectivity index (χ0v) is 8.78. The number of nitrogen functional groups attached to an aromatic ring is 1. The Kier molecular flexibility index (Phi) is 4.08. The summed E-state index contributed by atoms with van der Waals surface area (Å²) in [4.78, 5) is 0. The molecule has 2 unspecified atom stereocenters. The summed E-state index contributed by atoms with van der Waals surface area (Å²) in [6, 6.07) is 6.53. The third-order valence-electron chi connectivity index (χ3n) is 2.06. The van der Waals surface area contributed by atoms with E-state index in [1.807, 2.05) is 0 Å². The summed E-state index contributed by atoms with van der Waals surface area (Å²) in [6.45, 7) is 0. The molecular weight excluding hydrogens is 216 g/mol. The molecule has 5 heteroatoms. The molecule has 0 fully saturated rings. The number of amidine groups is 1. The van der Waals surface area contributed by atoms with Crippen LogP contribution in [0.3, 0.4) is 0 Å². The van der Waals surface area contributed by atoms with Crippen LogP contribution in [0.25, 0.3) is 0 Å². The third-order valence-corrected chi connectivity index (χ3v) is 2.38. The topological polar surface area (TPSA) is 90.3 Å². The Labute approximate surface area is 92.8 Å². The Balaban J connectivity index is 2.94. The van der Waals surface area contributed by atoms with Crippen LogP contribution in [-0.2, 0) is 0 Å². The highest BCUT2D eigenvalue weighted by atomic mass is 35.5. The summed E-state index contributed by atoms with van der Waals surface area (Å²) in [5, 5.41) is 26.2. The molecule has 5 N–H and O–H groups in total. The standard InChI is InChI=1S/C10H13ClN2O2/c11-5-8(14)9(15)6-2-1-3-7(4-6)10(12)13/h1-4,8-9,14-15H,5H2,(H3,12,13). The van der Waals surface area contributed by atoms with Gasteiger partial charge in [0.05, 0.1) is 12.0 Å². The second kappa shape index (κ2) is 5.11. The van der Waals surface area contributed by atoms with Gasteiger partial charge in [-0.2, -0.15) is 0 Å². The number of rotatable bonds is 4. The molecule has 0 aromatic heterocycles. The normalized spacial score (nSPS) is 14.6. The molecule has 0 spiro atoms. The van der Waals surface area contributed by atoms with Crippen molar-refractivity contribution in [2.75, 3.05) is 5.88 Å². The van der Waals surface area contributed by atoms with Gasteiger partial charge in [-0.3, -0.25) is 5.41 Å². The number of nitrogens with two attached hydrogens (primary N) is 1. The van der Waals surface area contributed by atoms with Crippen LogP contribution >= 0.6 is 11.6 Å². The maximum absolute atomic E-state index is 9.65. The van der Waals surface area contributed by atoms with Crippen molar-refractivity contribution in [1.29, 1.82) is 5.41 Å². The highest BCUT2D eigenvalue weighted by Gasteiger charge is 2.17. The van der Waals surface area contributed by atoms with Crippen molar-refractivity contribution in [1.82, 2.24) is 0 Å². The molecule has 0 heterocycles.